The van der Waals surface area contributed by atoms with Crippen LogP contribution in [0.25, 0.3) is 0 Å². The van der Waals surface area contributed by atoms with Gasteiger partial charge in [0.05, 0.1) is 7.11 Å². The molecule has 1 aromatic carbocycles. The largest absolute Gasteiger partial charge is 0.504 e. The van der Waals surface area contributed by atoms with Gasteiger partial charge in [0, 0.05) is 31.0 Å². The highest BCUT2D eigenvalue weighted by atomic mass is 16.5. The summed E-state index contributed by atoms with van der Waals surface area (Å²) in [4.78, 5) is 14.1. The molecule has 0 amide bonds. The molecule has 4 heteroatoms. The molecule has 4 rings (SSSR count). The summed E-state index contributed by atoms with van der Waals surface area (Å²) in [5.74, 6) is 0.923. The molecule has 3 aliphatic rings. The van der Waals surface area contributed by atoms with Crippen LogP contribution in [-0.2, 0) is 16.8 Å². The predicted octanol–water partition coefficient (Wildman–Crippen LogP) is 1.76. The molecule has 1 N–H and O–H groups in total. The summed E-state index contributed by atoms with van der Waals surface area (Å²) >= 11 is 0. The lowest BCUT2D eigenvalue weighted by Crippen LogP contribution is -2.48. The Kier molecular flexibility index (Phi) is 2.31. The van der Waals surface area contributed by atoms with E-state index in [0.717, 1.165) is 25.1 Å². The van der Waals surface area contributed by atoms with E-state index in [1.165, 1.54) is 5.56 Å². The number of ketones is 1. The Bertz CT molecular complexity index is 637. The number of rotatable bonds is 1. The van der Waals surface area contributed by atoms with Crippen LogP contribution in [-0.4, -0.2) is 35.5 Å². The molecular formula is C16H17NO3. The Morgan fingerprint density at radius 3 is 3.10 bits per heavy atom. The SMILES string of the molecule is COc1cc2c(cc1O)CN1CC[C@]23C=CC(=O)C[C@@H]13. The minimum Gasteiger partial charge on any atom is -0.504 e. The number of hydrogen-bond acceptors (Lipinski definition) is 4. The van der Waals surface area contributed by atoms with Crippen LogP contribution < -0.4 is 4.74 Å². The van der Waals surface area contributed by atoms with Crippen molar-refractivity contribution in [3.63, 3.8) is 0 Å². The molecule has 1 unspecified atom stereocenters. The number of benzene rings is 1. The monoisotopic (exact) mass is 271 g/mol. The molecule has 2 aliphatic heterocycles. The van der Waals surface area contributed by atoms with Gasteiger partial charge in [-0.15, -0.1) is 0 Å². The highest BCUT2D eigenvalue weighted by Gasteiger charge is 2.53. The summed E-state index contributed by atoms with van der Waals surface area (Å²) in [6, 6.07) is 4.04. The lowest BCUT2D eigenvalue weighted by atomic mass is 9.67. The van der Waals surface area contributed by atoms with Gasteiger partial charge in [-0.25, -0.2) is 0 Å². The zero-order chi connectivity index (χ0) is 13.9. The second-order valence-corrected chi connectivity index (χ2v) is 5.96. The van der Waals surface area contributed by atoms with Crippen molar-refractivity contribution in [1.82, 2.24) is 4.90 Å². The van der Waals surface area contributed by atoms with E-state index in [9.17, 15) is 9.90 Å². The molecule has 0 spiro atoms. The van der Waals surface area contributed by atoms with Crippen molar-refractivity contribution in [3.05, 3.63) is 35.4 Å². The maximum atomic E-state index is 11.7. The van der Waals surface area contributed by atoms with Crippen LogP contribution in [0.3, 0.4) is 0 Å². The third-order valence-electron chi connectivity index (χ3n) is 5.09. The Hall–Kier alpha value is -1.81. The lowest BCUT2D eigenvalue weighted by molar-refractivity contribution is -0.116. The summed E-state index contributed by atoms with van der Waals surface area (Å²) in [6.45, 7) is 1.81. The van der Waals surface area contributed by atoms with Gasteiger partial charge in [0.15, 0.2) is 17.3 Å². The minimum absolute atomic E-state index is 0.0809. The van der Waals surface area contributed by atoms with Crippen molar-refractivity contribution in [3.8, 4) is 11.5 Å². The summed E-state index contributed by atoms with van der Waals surface area (Å²) < 4.78 is 5.26. The van der Waals surface area contributed by atoms with E-state index in [-0.39, 0.29) is 23.0 Å². The lowest BCUT2D eigenvalue weighted by Gasteiger charge is -2.43. The van der Waals surface area contributed by atoms with E-state index in [0.29, 0.717) is 12.2 Å². The third kappa shape index (κ3) is 1.37. The fraction of sp³-hybridized carbons (Fsp3) is 0.438. The smallest absolute Gasteiger partial charge is 0.160 e. The first-order valence-corrected chi connectivity index (χ1v) is 7.00. The number of carbonyl (C=O) groups excluding carboxylic acids is 1. The first kappa shape index (κ1) is 12.0. The van der Waals surface area contributed by atoms with Gasteiger partial charge in [0.1, 0.15) is 0 Å². The number of phenols is 1. The van der Waals surface area contributed by atoms with Gasteiger partial charge >= 0.3 is 0 Å². The van der Waals surface area contributed by atoms with Crippen molar-refractivity contribution < 1.29 is 14.6 Å². The van der Waals surface area contributed by atoms with Crippen molar-refractivity contribution in [1.29, 1.82) is 0 Å². The van der Waals surface area contributed by atoms with Crippen molar-refractivity contribution in [2.75, 3.05) is 13.7 Å². The molecule has 1 fully saturated rings. The summed E-state index contributed by atoms with van der Waals surface area (Å²) in [6.07, 6.45) is 5.44. The molecule has 1 aliphatic carbocycles. The van der Waals surface area contributed by atoms with Crippen molar-refractivity contribution >= 4 is 5.78 Å². The second-order valence-electron chi connectivity index (χ2n) is 5.96. The molecule has 4 nitrogen and oxygen atoms in total. The standard InChI is InChI=1S/C16H17NO3/c1-20-14-8-12-10(6-13(14)19)9-17-5-4-16(12)3-2-11(18)7-15(16)17/h2-3,6,8,15,19H,4-5,7,9H2,1H3/t15-,16-/m1/s1. The fourth-order valence-electron chi connectivity index (χ4n) is 4.13. The van der Waals surface area contributed by atoms with Gasteiger partial charge in [0.25, 0.3) is 0 Å². The van der Waals surface area contributed by atoms with Crippen LogP contribution in [0.1, 0.15) is 24.0 Å². The average molecular weight is 271 g/mol. The number of aromatic hydroxyl groups is 1. The summed E-state index contributed by atoms with van der Waals surface area (Å²) in [5.41, 5.74) is 2.29. The summed E-state index contributed by atoms with van der Waals surface area (Å²) in [7, 11) is 1.57. The van der Waals surface area contributed by atoms with Crippen LogP contribution in [0.5, 0.6) is 11.5 Å². The van der Waals surface area contributed by atoms with E-state index in [1.54, 1.807) is 13.2 Å². The first-order valence-electron chi connectivity index (χ1n) is 7.00. The predicted molar refractivity (Wildman–Crippen MR) is 73.9 cm³/mol. The molecule has 2 heterocycles. The molecule has 1 saturated heterocycles. The molecule has 104 valence electrons. The number of allylic oxidation sites excluding steroid dienone is 1. The zero-order valence-corrected chi connectivity index (χ0v) is 11.4. The third-order valence-corrected chi connectivity index (χ3v) is 5.09. The number of ether oxygens (including phenoxy) is 1. The number of hydrogen-bond donors (Lipinski definition) is 1. The quantitative estimate of drug-likeness (QED) is 0.845. The summed E-state index contributed by atoms with van der Waals surface area (Å²) in [5, 5.41) is 9.98. The topological polar surface area (TPSA) is 49.8 Å². The number of nitrogens with zero attached hydrogens (tertiary/aromatic N) is 1. The van der Waals surface area contributed by atoms with Crippen molar-refractivity contribution in [2.45, 2.75) is 30.8 Å². The Labute approximate surface area is 117 Å². The number of methoxy groups -OCH3 is 1. The van der Waals surface area contributed by atoms with E-state index in [4.69, 9.17) is 4.74 Å². The molecule has 0 aromatic heterocycles. The molecule has 2 bridgehead atoms. The van der Waals surface area contributed by atoms with E-state index in [2.05, 4.69) is 11.0 Å². The number of fused-ring (bicyclic) bond motifs is 1. The fourth-order valence-corrected chi connectivity index (χ4v) is 4.13. The van der Waals surface area contributed by atoms with Gasteiger partial charge in [-0.05, 0) is 35.8 Å². The maximum absolute atomic E-state index is 11.7. The van der Waals surface area contributed by atoms with Gasteiger partial charge in [0.2, 0.25) is 0 Å². The highest BCUT2D eigenvalue weighted by molar-refractivity contribution is 5.92. The van der Waals surface area contributed by atoms with E-state index < -0.39 is 0 Å². The van der Waals surface area contributed by atoms with Gasteiger partial charge in [-0.1, -0.05) is 6.08 Å². The Morgan fingerprint density at radius 2 is 2.30 bits per heavy atom. The van der Waals surface area contributed by atoms with Crippen LogP contribution in [0.15, 0.2) is 24.3 Å². The zero-order valence-electron chi connectivity index (χ0n) is 11.4. The molecule has 0 radical (unpaired) electrons. The van der Waals surface area contributed by atoms with Crippen molar-refractivity contribution in [2.24, 2.45) is 0 Å². The Morgan fingerprint density at radius 1 is 1.45 bits per heavy atom. The molecule has 20 heavy (non-hydrogen) atoms. The highest BCUT2D eigenvalue weighted by Crippen LogP contribution is 2.52. The van der Waals surface area contributed by atoms with Crippen LogP contribution in [0.2, 0.25) is 0 Å². The molecule has 1 aromatic rings. The number of carbonyl (C=O) groups is 1. The van der Waals surface area contributed by atoms with Crippen LogP contribution in [0.4, 0.5) is 0 Å². The molecule has 0 saturated carbocycles. The van der Waals surface area contributed by atoms with Crippen LogP contribution >= 0.6 is 0 Å². The van der Waals surface area contributed by atoms with E-state index >= 15 is 0 Å². The van der Waals surface area contributed by atoms with Gasteiger partial charge in [-0.3, -0.25) is 9.69 Å². The normalized spacial score (nSPS) is 33.8. The Balaban J connectivity index is 1.95. The van der Waals surface area contributed by atoms with Gasteiger partial charge in [-0.2, -0.15) is 0 Å². The average Bonchev–Trinajstić information content (AvgIpc) is 2.71. The second kappa shape index (κ2) is 3.85. The maximum Gasteiger partial charge on any atom is 0.160 e. The van der Waals surface area contributed by atoms with Crippen LogP contribution in [0, 0.1) is 0 Å². The first-order chi connectivity index (χ1) is 9.64. The molecule has 3 atom stereocenters. The number of phenolic OH excluding ortho intramolecular Hbond substituents is 1. The van der Waals surface area contributed by atoms with E-state index in [1.807, 2.05) is 12.1 Å². The van der Waals surface area contributed by atoms with Gasteiger partial charge < -0.3 is 9.84 Å². The molecular weight excluding hydrogens is 254 g/mol. The minimum atomic E-state index is -0.0809.